The molecule has 0 radical (unpaired) electrons. The van der Waals surface area contributed by atoms with Gasteiger partial charge in [0.2, 0.25) is 0 Å². The van der Waals surface area contributed by atoms with Crippen LogP contribution in [0, 0.1) is 6.92 Å². The molecule has 0 spiro atoms. The van der Waals surface area contributed by atoms with Crippen LogP contribution in [0.3, 0.4) is 0 Å². The topological polar surface area (TPSA) is 75.6 Å². The van der Waals surface area contributed by atoms with Gasteiger partial charge in [0, 0.05) is 11.3 Å². The number of halogens is 1. The highest BCUT2D eigenvalue weighted by Gasteiger charge is 2.12. The number of ether oxygens (including phenoxy) is 1. The number of benzene rings is 2. The summed E-state index contributed by atoms with van der Waals surface area (Å²) in [6, 6.07) is 9.55. The van der Waals surface area contributed by atoms with Gasteiger partial charge in [-0.3, -0.25) is 4.79 Å². The molecule has 0 aliphatic rings. The second kappa shape index (κ2) is 6.62. The fraction of sp³-hybridized carbons (Fsp3) is 0.125. The number of carbonyl (C=O) groups excluding carboxylic acids is 1. The molecule has 0 fully saturated rings. The van der Waals surface area contributed by atoms with E-state index < -0.39 is 5.97 Å². The van der Waals surface area contributed by atoms with Crippen molar-refractivity contribution < 1.29 is 19.4 Å². The zero-order chi connectivity index (χ0) is 16.3. The Hall–Kier alpha value is -2.34. The minimum absolute atomic E-state index is 0.122. The third-order valence-corrected chi connectivity index (χ3v) is 3.77. The number of anilines is 1. The lowest BCUT2D eigenvalue weighted by Gasteiger charge is -2.10. The van der Waals surface area contributed by atoms with Crippen LogP contribution in [-0.2, 0) is 0 Å². The van der Waals surface area contributed by atoms with E-state index >= 15 is 0 Å². The average Bonchev–Trinajstić information content (AvgIpc) is 2.49. The summed E-state index contributed by atoms with van der Waals surface area (Å²) in [4.78, 5) is 23.3. The molecule has 0 atom stereocenters. The van der Waals surface area contributed by atoms with E-state index in [1.54, 1.807) is 38.3 Å². The number of carboxylic acid groups (broad SMARTS) is 1. The Kier molecular flexibility index (Phi) is 4.82. The van der Waals surface area contributed by atoms with Crippen LogP contribution in [0.25, 0.3) is 0 Å². The Labute approximate surface area is 136 Å². The molecule has 2 N–H and O–H groups in total. The maximum Gasteiger partial charge on any atom is 0.335 e. The first-order valence-corrected chi connectivity index (χ1v) is 7.20. The zero-order valence-corrected chi connectivity index (χ0v) is 13.6. The third kappa shape index (κ3) is 3.46. The van der Waals surface area contributed by atoms with Gasteiger partial charge in [0.25, 0.3) is 5.91 Å². The van der Waals surface area contributed by atoms with Crippen LogP contribution < -0.4 is 10.1 Å². The van der Waals surface area contributed by atoms with Crippen LogP contribution in [0.15, 0.2) is 40.9 Å². The van der Waals surface area contributed by atoms with Crippen LogP contribution in [0.4, 0.5) is 5.69 Å². The highest BCUT2D eigenvalue weighted by atomic mass is 79.9. The van der Waals surface area contributed by atoms with E-state index in [1.807, 2.05) is 0 Å². The molecule has 1 amide bonds. The lowest BCUT2D eigenvalue weighted by Crippen LogP contribution is -2.13. The Morgan fingerprint density at radius 3 is 2.41 bits per heavy atom. The minimum Gasteiger partial charge on any atom is -0.496 e. The van der Waals surface area contributed by atoms with E-state index in [4.69, 9.17) is 9.84 Å². The van der Waals surface area contributed by atoms with Gasteiger partial charge in [-0.15, -0.1) is 0 Å². The molecule has 22 heavy (non-hydrogen) atoms. The van der Waals surface area contributed by atoms with Crippen LogP contribution >= 0.6 is 15.9 Å². The SMILES string of the molecule is COc1ccc(C(=O)Nc2cc(C(=O)O)ccc2C)cc1Br. The van der Waals surface area contributed by atoms with E-state index in [9.17, 15) is 9.59 Å². The molecule has 2 rings (SSSR count). The summed E-state index contributed by atoms with van der Waals surface area (Å²) in [5.74, 6) is -0.739. The highest BCUT2D eigenvalue weighted by molar-refractivity contribution is 9.10. The van der Waals surface area contributed by atoms with Crippen molar-refractivity contribution in [2.45, 2.75) is 6.92 Å². The van der Waals surface area contributed by atoms with Crippen LogP contribution in [-0.4, -0.2) is 24.1 Å². The van der Waals surface area contributed by atoms with Gasteiger partial charge in [0.15, 0.2) is 0 Å². The molecule has 0 bridgehead atoms. The number of aromatic carboxylic acids is 1. The molecule has 0 unspecified atom stereocenters. The molecule has 2 aromatic carbocycles. The molecule has 6 heteroatoms. The maximum absolute atomic E-state index is 12.3. The second-order valence-electron chi connectivity index (χ2n) is 4.64. The van der Waals surface area contributed by atoms with Crippen molar-refractivity contribution in [1.82, 2.24) is 0 Å². The molecule has 0 aromatic heterocycles. The number of hydrogen-bond acceptors (Lipinski definition) is 3. The van der Waals surface area contributed by atoms with Crippen molar-refractivity contribution in [2.24, 2.45) is 0 Å². The maximum atomic E-state index is 12.3. The average molecular weight is 364 g/mol. The number of carbonyl (C=O) groups is 2. The molecular formula is C16H14BrNO4. The normalized spacial score (nSPS) is 10.1. The zero-order valence-electron chi connectivity index (χ0n) is 12.0. The van der Waals surface area contributed by atoms with E-state index in [2.05, 4.69) is 21.2 Å². The van der Waals surface area contributed by atoms with Gasteiger partial charge in [0.1, 0.15) is 5.75 Å². The molecule has 0 heterocycles. The van der Waals surface area contributed by atoms with Gasteiger partial charge in [-0.2, -0.15) is 0 Å². The van der Waals surface area contributed by atoms with E-state index in [-0.39, 0.29) is 11.5 Å². The van der Waals surface area contributed by atoms with Crippen LogP contribution in [0.2, 0.25) is 0 Å². The van der Waals surface area contributed by atoms with Crippen LogP contribution in [0.1, 0.15) is 26.3 Å². The summed E-state index contributed by atoms with van der Waals surface area (Å²) in [5.41, 5.74) is 1.81. The second-order valence-corrected chi connectivity index (χ2v) is 5.49. The summed E-state index contributed by atoms with van der Waals surface area (Å²) in [6.07, 6.45) is 0. The van der Waals surface area contributed by atoms with E-state index in [0.29, 0.717) is 21.5 Å². The van der Waals surface area contributed by atoms with Crippen LogP contribution in [0.5, 0.6) is 5.75 Å². The van der Waals surface area contributed by atoms with Crippen molar-refractivity contribution in [3.05, 3.63) is 57.6 Å². The third-order valence-electron chi connectivity index (χ3n) is 3.15. The first-order valence-electron chi connectivity index (χ1n) is 6.41. The van der Waals surface area contributed by atoms with Gasteiger partial charge in [0.05, 0.1) is 17.1 Å². The molecule has 0 aliphatic heterocycles. The number of aryl methyl sites for hydroxylation is 1. The first-order chi connectivity index (χ1) is 10.4. The number of carboxylic acids is 1. The van der Waals surface area contributed by atoms with E-state index in [0.717, 1.165) is 5.56 Å². The molecule has 114 valence electrons. The largest absolute Gasteiger partial charge is 0.496 e. The van der Waals surface area contributed by atoms with Crippen molar-refractivity contribution in [1.29, 1.82) is 0 Å². The summed E-state index contributed by atoms with van der Waals surface area (Å²) < 4.78 is 5.78. The fourth-order valence-electron chi connectivity index (χ4n) is 1.89. The van der Waals surface area contributed by atoms with Crippen molar-refractivity contribution in [2.75, 3.05) is 12.4 Å². The lowest BCUT2D eigenvalue weighted by molar-refractivity contribution is 0.0696. The van der Waals surface area contributed by atoms with Gasteiger partial charge in [-0.05, 0) is 58.7 Å². The summed E-state index contributed by atoms with van der Waals surface area (Å²) >= 11 is 3.32. The Bertz CT molecular complexity index is 743. The Morgan fingerprint density at radius 2 is 1.82 bits per heavy atom. The van der Waals surface area contributed by atoms with E-state index in [1.165, 1.54) is 12.1 Å². The number of rotatable bonds is 4. The number of nitrogens with one attached hydrogen (secondary N) is 1. The van der Waals surface area contributed by atoms with Gasteiger partial charge < -0.3 is 15.2 Å². The fourth-order valence-corrected chi connectivity index (χ4v) is 2.43. The number of methoxy groups -OCH3 is 1. The van der Waals surface area contributed by atoms with Crippen molar-refractivity contribution >= 4 is 33.5 Å². The lowest BCUT2D eigenvalue weighted by atomic mass is 10.1. The summed E-state index contributed by atoms with van der Waals surface area (Å²) in [7, 11) is 1.54. The van der Waals surface area contributed by atoms with Gasteiger partial charge in [-0.25, -0.2) is 4.79 Å². The molecule has 0 saturated heterocycles. The smallest absolute Gasteiger partial charge is 0.335 e. The molecule has 5 nitrogen and oxygen atoms in total. The predicted octanol–water partition coefficient (Wildman–Crippen LogP) is 3.72. The van der Waals surface area contributed by atoms with Crippen molar-refractivity contribution in [3.63, 3.8) is 0 Å². The summed E-state index contributed by atoms with van der Waals surface area (Å²) in [6.45, 7) is 1.80. The minimum atomic E-state index is -1.04. The first kappa shape index (κ1) is 16.0. The van der Waals surface area contributed by atoms with Crippen molar-refractivity contribution in [3.8, 4) is 5.75 Å². The standard InChI is InChI=1S/C16H14BrNO4/c1-9-3-4-11(16(20)21)8-13(9)18-15(19)10-5-6-14(22-2)12(17)7-10/h3-8H,1-2H3,(H,18,19)(H,20,21). The Morgan fingerprint density at radius 1 is 1.14 bits per heavy atom. The summed E-state index contributed by atoms with van der Waals surface area (Å²) in [5, 5.41) is 11.7. The monoisotopic (exact) mass is 363 g/mol. The van der Waals surface area contributed by atoms with Gasteiger partial charge in [-0.1, -0.05) is 6.07 Å². The molecule has 0 aliphatic carbocycles. The Balaban J connectivity index is 2.27. The number of amides is 1. The quantitative estimate of drug-likeness (QED) is 0.867. The predicted molar refractivity (Wildman–Crippen MR) is 86.8 cm³/mol. The highest BCUT2D eigenvalue weighted by Crippen LogP contribution is 2.26. The molecule has 0 saturated carbocycles. The molecular weight excluding hydrogens is 350 g/mol. The molecule has 2 aromatic rings. The van der Waals surface area contributed by atoms with Gasteiger partial charge >= 0.3 is 5.97 Å². The number of hydrogen-bond donors (Lipinski definition) is 2.